The Morgan fingerprint density at radius 3 is 2.68 bits per heavy atom. The number of hydrogen-bond donors (Lipinski definition) is 1. The Labute approximate surface area is 152 Å². The van der Waals surface area contributed by atoms with Crippen molar-refractivity contribution >= 4 is 23.1 Å². The number of amides is 1. The van der Waals surface area contributed by atoms with Gasteiger partial charge in [-0.3, -0.25) is 10.2 Å². The number of benzene rings is 1. The third-order valence-electron chi connectivity index (χ3n) is 4.61. The molecular formula is C20H24N2O2S. The summed E-state index contributed by atoms with van der Waals surface area (Å²) in [5.41, 5.74) is 1.95. The minimum absolute atomic E-state index is 0.0148. The standard InChI is InChI=1S/C20H24N2O2S/c1-13(2)24-16-7-5-6-14(8-16)15-9-17(25-12-15)20(3)10-18(21)22(4)19(23)11-20/h5-9,12-13,21H,10-11H2,1-4H3/t20-/m0/s1. The number of thiophene rings is 1. The molecule has 1 amide bonds. The number of carbonyl (C=O) groups excluding carboxylic acids is 1. The van der Waals surface area contributed by atoms with Gasteiger partial charge in [-0.15, -0.1) is 11.3 Å². The number of nitrogens with zero attached hydrogens (tertiary/aromatic N) is 1. The maximum Gasteiger partial charge on any atom is 0.228 e. The predicted octanol–water partition coefficient (Wildman–Crippen LogP) is 4.69. The number of rotatable bonds is 4. The highest BCUT2D eigenvalue weighted by atomic mass is 32.1. The van der Waals surface area contributed by atoms with Crippen molar-refractivity contribution in [3.05, 3.63) is 40.6 Å². The van der Waals surface area contributed by atoms with Gasteiger partial charge >= 0.3 is 0 Å². The first-order chi connectivity index (χ1) is 11.8. The minimum Gasteiger partial charge on any atom is -0.491 e. The Morgan fingerprint density at radius 2 is 2.00 bits per heavy atom. The van der Waals surface area contributed by atoms with Crippen molar-refractivity contribution in [1.82, 2.24) is 4.90 Å². The van der Waals surface area contributed by atoms with Crippen LogP contribution >= 0.6 is 11.3 Å². The monoisotopic (exact) mass is 356 g/mol. The first-order valence-corrected chi connectivity index (χ1v) is 9.36. The normalized spacial score (nSPS) is 21.1. The zero-order valence-corrected chi connectivity index (χ0v) is 15.9. The first kappa shape index (κ1) is 17.7. The highest BCUT2D eigenvalue weighted by molar-refractivity contribution is 7.10. The molecule has 0 aliphatic carbocycles. The van der Waals surface area contributed by atoms with E-state index in [4.69, 9.17) is 10.1 Å². The predicted molar refractivity (Wildman–Crippen MR) is 103 cm³/mol. The van der Waals surface area contributed by atoms with Crippen molar-refractivity contribution in [1.29, 1.82) is 5.41 Å². The number of amidine groups is 1. The average Bonchev–Trinajstić information content (AvgIpc) is 3.03. The van der Waals surface area contributed by atoms with Crippen molar-refractivity contribution < 1.29 is 9.53 Å². The molecule has 3 rings (SSSR count). The second-order valence-electron chi connectivity index (χ2n) is 7.21. The zero-order chi connectivity index (χ0) is 18.2. The number of ether oxygens (including phenoxy) is 1. The van der Waals surface area contributed by atoms with E-state index in [0.717, 1.165) is 21.8 Å². The Balaban J connectivity index is 1.88. The van der Waals surface area contributed by atoms with E-state index in [-0.39, 0.29) is 17.4 Å². The summed E-state index contributed by atoms with van der Waals surface area (Å²) < 4.78 is 5.78. The van der Waals surface area contributed by atoms with Gasteiger partial charge in [0, 0.05) is 30.2 Å². The summed E-state index contributed by atoms with van der Waals surface area (Å²) in [6.45, 7) is 6.12. The van der Waals surface area contributed by atoms with Gasteiger partial charge in [0.25, 0.3) is 0 Å². The lowest BCUT2D eigenvalue weighted by molar-refractivity contribution is -0.128. The molecule has 2 aromatic rings. The molecule has 1 aliphatic heterocycles. The number of likely N-dealkylation sites (tertiary alicyclic amines) is 1. The number of hydrogen-bond acceptors (Lipinski definition) is 4. The quantitative estimate of drug-likeness (QED) is 0.864. The van der Waals surface area contributed by atoms with Crippen LogP contribution in [0.25, 0.3) is 11.1 Å². The zero-order valence-electron chi connectivity index (χ0n) is 15.1. The van der Waals surface area contributed by atoms with Crippen LogP contribution in [-0.2, 0) is 10.2 Å². The number of piperidine rings is 1. The molecule has 0 bridgehead atoms. The Morgan fingerprint density at radius 1 is 1.24 bits per heavy atom. The summed E-state index contributed by atoms with van der Waals surface area (Å²) >= 11 is 1.67. The molecule has 1 aromatic heterocycles. The molecule has 5 heteroatoms. The maximum atomic E-state index is 12.2. The third-order valence-corrected chi connectivity index (χ3v) is 5.85. The highest BCUT2D eigenvalue weighted by Gasteiger charge is 2.39. The van der Waals surface area contributed by atoms with E-state index >= 15 is 0 Å². The lowest BCUT2D eigenvalue weighted by atomic mass is 9.78. The molecule has 0 spiro atoms. The largest absolute Gasteiger partial charge is 0.491 e. The molecule has 1 aliphatic rings. The molecule has 1 fully saturated rings. The van der Waals surface area contributed by atoms with Crippen molar-refractivity contribution in [2.75, 3.05) is 7.05 Å². The Kier molecular flexibility index (Phi) is 4.69. The highest BCUT2D eigenvalue weighted by Crippen LogP contribution is 2.41. The minimum atomic E-state index is -0.296. The summed E-state index contributed by atoms with van der Waals surface area (Å²) in [7, 11) is 1.68. The summed E-state index contributed by atoms with van der Waals surface area (Å²) in [6.07, 6.45) is 1.18. The van der Waals surface area contributed by atoms with Crippen LogP contribution in [0.4, 0.5) is 0 Å². The smallest absolute Gasteiger partial charge is 0.228 e. The second-order valence-corrected chi connectivity index (χ2v) is 8.12. The van der Waals surface area contributed by atoms with Crippen LogP contribution in [0.1, 0.15) is 38.5 Å². The van der Waals surface area contributed by atoms with Gasteiger partial charge in [0.2, 0.25) is 5.91 Å². The van der Waals surface area contributed by atoms with E-state index in [9.17, 15) is 4.79 Å². The lowest BCUT2D eigenvalue weighted by Gasteiger charge is -2.36. The number of nitrogens with one attached hydrogen (secondary N) is 1. The van der Waals surface area contributed by atoms with Crippen LogP contribution in [0, 0.1) is 5.41 Å². The van der Waals surface area contributed by atoms with Crippen LogP contribution in [0.15, 0.2) is 35.7 Å². The summed E-state index contributed by atoms with van der Waals surface area (Å²) in [5.74, 6) is 1.27. The fourth-order valence-corrected chi connectivity index (χ4v) is 4.23. The topological polar surface area (TPSA) is 53.4 Å². The maximum absolute atomic E-state index is 12.2. The molecule has 4 nitrogen and oxygen atoms in total. The van der Waals surface area contributed by atoms with Gasteiger partial charge in [-0.25, -0.2) is 0 Å². The fraction of sp³-hybridized carbons (Fsp3) is 0.400. The molecule has 1 atom stereocenters. The molecule has 1 aromatic carbocycles. The molecule has 0 radical (unpaired) electrons. The van der Waals surface area contributed by atoms with Crippen LogP contribution in [0.3, 0.4) is 0 Å². The first-order valence-electron chi connectivity index (χ1n) is 8.48. The van der Waals surface area contributed by atoms with Gasteiger partial charge in [0.05, 0.1) is 6.10 Å². The molecule has 1 saturated heterocycles. The van der Waals surface area contributed by atoms with Gasteiger partial charge in [-0.05, 0) is 48.6 Å². The average molecular weight is 356 g/mol. The van der Waals surface area contributed by atoms with Gasteiger partial charge in [-0.1, -0.05) is 19.1 Å². The van der Waals surface area contributed by atoms with Gasteiger partial charge in [0.1, 0.15) is 11.6 Å². The SMILES string of the molecule is CC(C)Oc1cccc(-c2csc([C@@]3(C)CC(=N)N(C)C(=O)C3)c2)c1. The fourth-order valence-electron chi connectivity index (χ4n) is 3.15. The molecule has 0 unspecified atom stereocenters. The summed E-state index contributed by atoms with van der Waals surface area (Å²) in [6, 6.07) is 10.3. The van der Waals surface area contributed by atoms with Gasteiger partial charge < -0.3 is 9.64 Å². The third kappa shape index (κ3) is 3.61. The van der Waals surface area contributed by atoms with E-state index in [0.29, 0.717) is 18.7 Å². The van der Waals surface area contributed by atoms with Crippen LogP contribution < -0.4 is 4.74 Å². The van der Waals surface area contributed by atoms with Gasteiger partial charge in [0.15, 0.2) is 0 Å². The second kappa shape index (κ2) is 6.64. The molecule has 1 N–H and O–H groups in total. The Bertz CT molecular complexity index is 792. The number of carbonyl (C=O) groups is 1. The van der Waals surface area contributed by atoms with E-state index in [2.05, 4.69) is 30.5 Å². The van der Waals surface area contributed by atoms with Crippen LogP contribution in [0.5, 0.6) is 5.75 Å². The summed E-state index contributed by atoms with van der Waals surface area (Å²) in [4.78, 5) is 14.8. The van der Waals surface area contributed by atoms with Crippen molar-refractivity contribution in [2.45, 2.75) is 45.1 Å². The van der Waals surface area contributed by atoms with Crippen molar-refractivity contribution in [2.24, 2.45) is 0 Å². The lowest BCUT2D eigenvalue weighted by Crippen LogP contribution is -2.46. The van der Waals surface area contributed by atoms with Crippen molar-refractivity contribution in [3.8, 4) is 16.9 Å². The van der Waals surface area contributed by atoms with Gasteiger partial charge in [-0.2, -0.15) is 0 Å². The molecule has 132 valence electrons. The molecular weight excluding hydrogens is 332 g/mol. The van der Waals surface area contributed by atoms with E-state index in [1.54, 1.807) is 18.4 Å². The van der Waals surface area contributed by atoms with E-state index < -0.39 is 0 Å². The van der Waals surface area contributed by atoms with Crippen LogP contribution in [-0.4, -0.2) is 29.8 Å². The van der Waals surface area contributed by atoms with Crippen LogP contribution in [0.2, 0.25) is 0 Å². The van der Waals surface area contributed by atoms with Crippen molar-refractivity contribution in [3.63, 3.8) is 0 Å². The van der Waals surface area contributed by atoms with E-state index in [1.165, 1.54) is 4.90 Å². The Hall–Kier alpha value is -2.14. The molecule has 2 heterocycles. The molecule has 25 heavy (non-hydrogen) atoms. The summed E-state index contributed by atoms with van der Waals surface area (Å²) in [5, 5.41) is 10.2. The molecule has 0 saturated carbocycles. The van der Waals surface area contributed by atoms with E-state index in [1.807, 2.05) is 26.0 Å².